The van der Waals surface area contributed by atoms with Crippen molar-refractivity contribution >= 4 is 17.5 Å². The zero-order chi connectivity index (χ0) is 16.4. The van der Waals surface area contributed by atoms with Gasteiger partial charge in [-0.15, -0.1) is 0 Å². The van der Waals surface area contributed by atoms with Gasteiger partial charge in [0.25, 0.3) is 0 Å². The van der Waals surface area contributed by atoms with E-state index < -0.39 is 11.8 Å². The number of anilines is 1. The molecular formula is C18H15N3O2. The lowest BCUT2D eigenvalue weighted by Crippen LogP contribution is -2.51. The molecule has 1 amide bonds. The van der Waals surface area contributed by atoms with Crippen LogP contribution in [-0.4, -0.2) is 24.6 Å². The Morgan fingerprint density at radius 2 is 1.83 bits per heavy atom. The van der Waals surface area contributed by atoms with Gasteiger partial charge in [-0.05, 0) is 13.0 Å². The van der Waals surface area contributed by atoms with Gasteiger partial charge in [0.1, 0.15) is 6.07 Å². The number of hydrogen-bond donors (Lipinski definition) is 0. The zero-order valence-electron chi connectivity index (χ0n) is 12.9. The van der Waals surface area contributed by atoms with Crippen LogP contribution in [0.1, 0.15) is 18.1 Å². The molecule has 0 saturated heterocycles. The van der Waals surface area contributed by atoms with Crippen LogP contribution in [0.15, 0.2) is 59.6 Å². The monoisotopic (exact) mass is 305 g/mol. The topological polar surface area (TPSA) is 65.7 Å². The van der Waals surface area contributed by atoms with Crippen LogP contribution in [-0.2, 0) is 4.74 Å². The average Bonchev–Trinajstić information content (AvgIpc) is 2.61. The summed E-state index contributed by atoms with van der Waals surface area (Å²) < 4.78 is 4.85. The van der Waals surface area contributed by atoms with Crippen LogP contribution in [0.5, 0.6) is 0 Å². The third-order valence-corrected chi connectivity index (χ3v) is 3.78. The number of ether oxygens (including phenoxy) is 1. The van der Waals surface area contributed by atoms with Crippen LogP contribution < -0.4 is 4.90 Å². The largest absolute Gasteiger partial charge is 0.452 e. The summed E-state index contributed by atoms with van der Waals surface area (Å²) in [6.45, 7) is 1.60. The van der Waals surface area contributed by atoms with E-state index in [9.17, 15) is 10.1 Å². The van der Waals surface area contributed by atoms with Gasteiger partial charge in [-0.2, -0.15) is 5.26 Å². The third kappa shape index (κ3) is 2.34. The molecule has 0 aromatic heterocycles. The zero-order valence-corrected chi connectivity index (χ0v) is 12.9. The molecule has 114 valence electrons. The highest BCUT2D eigenvalue weighted by molar-refractivity contribution is 6.19. The summed E-state index contributed by atoms with van der Waals surface area (Å²) in [6, 6.07) is 19.1. The van der Waals surface area contributed by atoms with Crippen LogP contribution in [0.3, 0.4) is 0 Å². The first kappa shape index (κ1) is 14.8. The summed E-state index contributed by atoms with van der Waals surface area (Å²) in [5, 5.41) is 9.65. The Labute approximate surface area is 134 Å². The van der Waals surface area contributed by atoms with Crippen molar-refractivity contribution < 1.29 is 9.53 Å². The van der Waals surface area contributed by atoms with Crippen molar-refractivity contribution in [3.8, 4) is 6.07 Å². The molecule has 0 radical (unpaired) electrons. The van der Waals surface area contributed by atoms with Gasteiger partial charge in [0.15, 0.2) is 0 Å². The maximum atomic E-state index is 12.2. The van der Waals surface area contributed by atoms with Crippen molar-refractivity contribution in [2.45, 2.75) is 12.6 Å². The fraction of sp³-hybridized carbons (Fsp3) is 0.167. The molecule has 0 fully saturated rings. The van der Waals surface area contributed by atoms with E-state index in [1.54, 1.807) is 13.0 Å². The number of carbonyl (C=O) groups excluding carboxylic acids is 1. The Balaban J connectivity index is 2.28. The number of rotatable bonds is 1. The van der Waals surface area contributed by atoms with E-state index in [1.165, 1.54) is 12.0 Å². The quantitative estimate of drug-likeness (QED) is 0.811. The van der Waals surface area contributed by atoms with E-state index in [4.69, 9.17) is 4.74 Å². The van der Waals surface area contributed by atoms with E-state index in [-0.39, 0.29) is 0 Å². The van der Waals surface area contributed by atoms with Crippen LogP contribution >= 0.6 is 0 Å². The van der Waals surface area contributed by atoms with Crippen molar-refractivity contribution in [2.24, 2.45) is 4.99 Å². The third-order valence-electron chi connectivity index (χ3n) is 3.78. The van der Waals surface area contributed by atoms with Crippen LogP contribution in [0.25, 0.3) is 0 Å². The Hall–Kier alpha value is -3.13. The number of aliphatic imine (C=N–C) groups is 1. The minimum atomic E-state index is -1.37. The van der Waals surface area contributed by atoms with E-state index in [0.29, 0.717) is 11.4 Å². The number of amides is 1. The van der Waals surface area contributed by atoms with E-state index in [1.807, 2.05) is 48.5 Å². The standard InChI is InChI=1S/C18H15N3O2/c1-18(12-19)20-16(13-8-4-3-5-9-13)14-10-6-7-11-15(14)21(18)17(22)23-2/h3-11H,1-2H3. The second kappa shape index (κ2) is 5.58. The second-order valence-corrected chi connectivity index (χ2v) is 5.28. The van der Waals surface area contributed by atoms with Crippen molar-refractivity contribution in [3.63, 3.8) is 0 Å². The van der Waals surface area contributed by atoms with E-state index in [2.05, 4.69) is 11.1 Å². The molecule has 0 N–H and O–H groups in total. The predicted molar refractivity (Wildman–Crippen MR) is 87.4 cm³/mol. The van der Waals surface area contributed by atoms with Gasteiger partial charge < -0.3 is 4.74 Å². The number of nitriles is 1. The summed E-state index contributed by atoms with van der Waals surface area (Å²) in [4.78, 5) is 18.1. The number of hydrogen-bond acceptors (Lipinski definition) is 4. The molecule has 0 aliphatic carbocycles. The average molecular weight is 305 g/mol. The molecule has 5 nitrogen and oxygen atoms in total. The van der Waals surface area contributed by atoms with Crippen molar-refractivity contribution in [1.82, 2.24) is 0 Å². The molecule has 5 heteroatoms. The maximum absolute atomic E-state index is 12.2. The van der Waals surface area contributed by atoms with E-state index in [0.717, 1.165) is 11.1 Å². The van der Waals surface area contributed by atoms with Gasteiger partial charge in [0.2, 0.25) is 5.66 Å². The summed E-state index contributed by atoms with van der Waals surface area (Å²) in [5.41, 5.74) is 1.61. The molecule has 3 rings (SSSR count). The van der Waals surface area contributed by atoms with Gasteiger partial charge in [0, 0.05) is 11.1 Å². The number of carbonyl (C=O) groups is 1. The first-order valence-corrected chi connectivity index (χ1v) is 7.15. The first-order valence-electron chi connectivity index (χ1n) is 7.15. The SMILES string of the molecule is COC(=O)N1c2ccccc2C(c2ccccc2)=NC1(C)C#N. The van der Waals surface area contributed by atoms with Crippen molar-refractivity contribution in [1.29, 1.82) is 5.26 Å². The van der Waals surface area contributed by atoms with Crippen LogP contribution in [0.2, 0.25) is 0 Å². The molecule has 0 saturated carbocycles. The highest BCUT2D eigenvalue weighted by atomic mass is 16.5. The fourth-order valence-corrected chi connectivity index (χ4v) is 2.69. The highest BCUT2D eigenvalue weighted by Gasteiger charge is 2.42. The molecule has 1 unspecified atom stereocenters. The Morgan fingerprint density at radius 3 is 2.48 bits per heavy atom. The second-order valence-electron chi connectivity index (χ2n) is 5.28. The molecule has 1 aliphatic rings. The Bertz CT molecular complexity index is 824. The minimum Gasteiger partial charge on any atom is -0.452 e. The smallest absolute Gasteiger partial charge is 0.416 e. The molecule has 2 aromatic rings. The number of nitrogens with zero attached hydrogens (tertiary/aromatic N) is 3. The minimum absolute atomic E-state index is 0.609. The summed E-state index contributed by atoms with van der Waals surface area (Å²) >= 11 is 0. The maximum Gasteiger partial charge on any atom is 0.416 e. The lowest BCUT2D eigenvalue weighted by Gasteiger charge is -2.37. The van der Waals surface area contributed by atoms with Crippen molar-refractivity contribution in [3.05, 3.63) is 65.7 Å². The molecule has 0 spiro atoms. The lowest BCUT2D eigenvalue weighted by molar-refractivity contribution is 0.174. The number of para-hydroxylation sites is 1. The first-order chi connectivity index (χ1) is 11.1. The number of fused-ring (bicyclic) bond motifs is 1. The lowest BCUT2D eigenvalue weighted by atomic mass is 9.95. The molecule has 1 aliphatic heterocycles. The molecule has 1 heterocycles. The fourth-order valence-electron chi connectivity index (χ4n) is 2.69. The summed E-state index contributed by atoms with van der Waals surface area (Å²) in [5.74, 6) is 0. The molecule has 1 atom stereocenters. The molecular weight excluding hydrogens is 290 g/mol. The molecule has 23 heavy (non-hydrogen) atoms. The molecule has 2 aromatic carbocycles. The van der Waals surface area contributed by atoms with Gasteiger partial charge in [0.05, 0.1) is 18.5 Å². The van der Waals surface area contributed by atoms with Crippen molar-refractivity contribution in [2.75, 3.05) is 12.0 Å². The summed E-state index contributed by atoms with van der Waals surface area (Å²) in [7, 11) is 1.29. The predicted octanol–water partition coefficient (Wildman–Crippen LogP) is 3.35. The van der Waals surface area contributed by atoms with Gasteiger partial charge in [-0.1, -0.05) is 48.5 Å². The number of benzene rings is 2. The Morgan fingerprint density at radius 1 is 1.17 bits per heavy atom. The molecule has 0 bridgehead atoms. The highest BCUT2D eigenvalue weighted by Crippen LogP contribution is 2.36. The van der Waals surface area contributed by atoms with Gasteiger partial charge in [-0.25, -0.2) is 14.7 Å². The van der Waals surface area contributed by atoms with E-state index >= 15 is 0 Å². The van der Waals surface area contributed by atoms with Crippen LogP contribution in [0.4, 0.5) is 10.5 Å². The summed E-state index contributed by atoms with van der Waals surface area (Å²) in [6.07, 6.45) is -0.614. The number of methoxy groups -OCH3 is 1. The normalized spacial score (nSPS) is 19.3. The van der Waals surface area contributed by atoms with Gasteiger partial charge >= 0.3 is 6.09 Å². The van der Waals surface area contributed by atoms with Crippen LogP contribution in [0, 0.1) is 11.3 Å². The van der Waals surface area contributed by atoms with Gasteiger partial charge in [-0.3, -0.25) is 0 Å². The Kier molecular flexibility index (Phi) is 3.59.